The van der Waals surface area contributed by atoms with Crippen molar-refractivity contribution in [3.05, 3.63) is 39.6 Å². The Morgan fingerprint density at radius 2 is 2.10 bits per heavy atom. The van der Waals surface area contributed by atoms with Gasteiger partial charge in [-0.25, -0.2) is 9.97 Å². The maximum atomic E-state index is 5.95. The third-order valence-corrected chi connectivity index (χ3v) is 4.53. The summed E-state index contributed by atoms with van der Waals surface area (Å²) in [5.41, 5.74) is 2.35. The lowest BCUT2D eigenvalue weighted by atomic mass is 10.2. The Balaban J connectivity index is 1.57. The van der Waals surface area contributed by atoms with Crippen LogP contribution in [-0.2, 0) is 6.54 Å². The normalized spacial score (nSPS) is 16.6. The van der Waals surface area contributed by atoms with Gasteiger partial charge < -0.3 is 4.90 Å². The van der Waals surface area contributed by atoms with Gasteiger partial charge in [-0.3, -0.25) is 4.90 Å². The number of hydrogen-bond acceptors (Lipinski definition) is 5. The molecule has 0 radical (unpaired) electrons. The van der Waals surface area contributed by atoms with E-state index in [1.807, 2.05) is 12.1 Å². The summed E-state index contributed by atoms with van der Waals surface area (Å²) < 4.78 is 0. The molecule has 1 fully saturated rings. The first-order valence-corrected chi connectivity index (χ1v) is 7.96. The molecule has 6 heteroatoms. The molecule has 0 spiro atoms. The number of aromatic nitrogens is 2. The fourth-order valence-electron chi connectivity index (χ4n) is 2.46. The highest BCUT2D eigenvalue weighted by atomic mass is 35.5. The van der Waals surface area contributed by atoms with Gasteiger partial charge in [0.1, 0.15) is 5.15 Å². The lowest BCUT2D eigenvalue weighted by Crippen LogP contribution is -2.46. The Morgan fingerprint density at radius 1 is 1.30 bits per heavy atom. The Morgan fingerprint density at radius 3 is 2.75 bits per heavy atom. The third kappa shape index (κ3) is 3.29. The molecular formula is C14H17ClN4S. The van der Waals surface area contributed by atoms with Crippen LogP contribution in [0.2, 0.25) is 5.15 Å². The Hall–Kier alpha value is -1.17. The maximum Gasteiger partial charge on any atom is 0.131 e. The highest BCUT2D eigenvalue weighted by Crippen LogP contribution is 2.19. The zero-order valence-electron chi connectivity index (χ0n) is 11.4. The first kappa shape index (κ1) is 13.8. The average molecular weight is 309 g/mol. The van der Waals surface area contributed by atoms with Crippen molar-refractivity contribution in [1.29, 1.82) is 0 Å². The number of halogens is 1. The van der Waals surface area contributed by atoms with Gasteiger partial charge in [0.25, 0.3) is 0 Å². The van der Waals surface area contributed by atoms with E-state index >= 15 is 0 Å². The molecular weight excluding hydrogens is 292 g/mol. The first-order chi connectivity index (χ1) is 9.70. The second-order valence-corrected chi connectivity index (χ2v) is 6.41. The van der Waals surface area contributed by atoms with E-state index in [9.17, 15) is 0 Å². The molecule has 0 aromatic carbocycles. The van der Waals surface area contributed by atoms with Crippen molar-refractivity contribution in [3.63, 3.8) is 0 Å². The summed E-state index contributed by atoms with van der Waals surface area (Å²) in [7, 11) is 0. The minimum atomic E-state index is 0.558. The summed E-state index contributed by atoms with van der Waals surface area (Å²) in [6, 6.07) is 3.95. The molecule has 106 valence electrons. The third-order valence-electron chi connectivity index (χ3n) is 3.50. The minimum Gasteiger partial charge on any atom is -0.369 e. The maximum absolute atomic E-state index is 5.95. The van der Waals surface area contributed by atoms with Crippen LogP contribution in [0.15, 0.2) is 23.7 Å². The van der Waals surface area contributed by atoms with E-state index < -0.39 is 0 Å². The smallest absolute Gasteiger partial charge is 0.131 e. The second-order valence-electron chi connectivity index (χ2n) is 4.96. The molecule has 3 heterocycles. The molecule has 4 nitrogen and oxygen atoms in total. The van der Waals surface area contributed by atoms with Crippen molar-refractivity contribution in [2.24, 2.45) is 0 Å². The molecule has 2 aromatic heterocycles. The Labute approximate surface area is 128 Å². The lowest BCUT2D eigenvalue weighted by Gasteiger charge is -2.35. The fraction of sp³-hybridized carbons (Fsp3) is 0.429. The minimum absolute atomic E-state index is 0.558. The molecule has 0 atom stereocenters. The van der Waals surface area contributed by atoms with E-state index in [2.05, 4.69) is 32.1 Å². The highest BCUT2D eigenvalue weighted by Gasteiger charge is 2.18. The number of thiazole rings is 1. The van der Waals surface area contributed by atoms with Crippen molar-refractivity contribution >= 4 is 28.6 Å². The van der Waals surface area contributed by atoms with Crippen LogP contribution in [0.1, 0.15) is 10.7 Å². The summed E-state index contributed by atoms with van der Waals surface area (Å²) in [5.74, 6) is 0. The van der Waals surface area contributed by atoms with E-state index in [1.165, 1.54) is 5.69 Å². The molecule has 1 aliphatic heterocycles. The van der Waals surface area contributed by atoms with Crippen molar-refractivity contribution in [1.82, 2.24) is 14.9 Å². The molecule has 0 amide bonds. The molecule has 2 aromatic rings. The topological polar surface area (TPSA) is 32.3 Å². The number of piperazine rings is 1. The zero-order valence-corrected chi connectivity index (χ0v) is 13.0. The first-order valence-electron chi connectivity index (χ1n) is 6.70. The van der Waals surface area contributed by atoms with Crippen LogP contribution < -0.4 is 4.90 Å². The summed E-state index contributed by atoms with van der Waals surface area (Å²) in [6.07, 6.45) is 1.77. The van der Waals surface area contributed by atoms with E-state index in [0.29, 0.717) is 5.15 Å². The van der Waals surface area contributed by atoms with E-state index in [1.54, 1.807) is 17.5 Å². The number of nitrogens with zero attached hydrogens (tertiary/aromatic N) is 4. The van der Waals surface area contributed by atoms with E-state index in [-0.39, 0.29) is 0 Å². The molecule has 0 bridgehead atoms. The van der Waals surface area contributed by atoms with E-state index in [0.717, 1.165) is 43.4 Å². The second kappa shape index (κ2) is 6.08. The predicted molar refractivity (Wildman–Crippen MR) is 83.6 cm³/mol. The van der Waals surface area contributed by atoms with Crippen LogP contribution in [0.25, 0.3) is 0 Å². The van der Waals surface area contributed by atoms with Crippen molar-refractivity contribution in [2.75, 3.05) is 31.1 Å². The molecule has 1 saturated heterocycles. The van der Waals surface area contributed by atoms with Gasteiger partial charge in [-0.2, -0.15) is 0 Å². The number of rotatable bonds is 3. The van der Waals surface area contributed by atoms with Gasteiger partial charge in [0.05, 0.1) is 10.7 Å². The summed E-state index contributed by atoms with van der Waals surface area (Å²) in [4.78, 5) is 13.4. The van der Waals surface area contributed by atoms with Gasteiger partial charge >= 0.3 is 0 Å². The fourth-order valence-corrected chi connectivity index (χ4v) is 3.24. The van der Waals surface area contributed by atoms with Crippen LogP contribution in [0.4, 0.5) is 5.69 Å². The largest absolute Gasteiger partial charge is 0.369 e. The lowest BCUT2D eigenvalue weighted by molar-refractivity contribution is 0.247. The van der Waals surface area contributed by atoms with Gasteiger partial charge in [-0.1, -0.05) is 11.6 Å². The molecule has 0 N–H and O–H groups in total. The number of pyridine rings is 1. The number of anilines is 1. The molecule has 20 heavy (non-hydrogen) atoms. The van der Waals surface area contributed by atoms with Crippen LogP contribution in [-0.4, -0.2) is 41.0 Å². The molecule has 0 unspecified atom stereocenters. The summed E-state index contributed by atoms with van der Waals surface area (Å²) >= 11 is 7.67. The summed E-state index contributed by atoms with van der Waals surface area (Å²) in [6.45, 7) is 7.15. The average Bonchev–Trinajstić information content (AvgIpc) is 2.85. The van der Waals surface area contributed by atoms with Crippen LogP contribution in [0.3, 0.4) is 0 Å². The van der Waals surface area contributed by atoms with Gasteiger partial charge in [-0.15, -0.1) is 11.3 Å². The van der Waals surface area contributed by atoms with Gasteiger partial charge in [-0.05, 0) is 19.1 Å². The number of aryl methyl sites for hydroxylation is 1. The van der Waals surface area contributed by atoms with Crippen LogP contribution >= 0.6 is 22.9 Å². The molecule has 1 aliphatic rings. The quantitative estimate of drug-likeness (QED) is 0.816. The van der Waals surface area contributed by atoms with Crippen LogP contribution in [0, 0.1) is 6.92 Å². The Bertz CT molecular complexity index is 578. The Kier molecular flexibility index (Phi) is 4.19. The summed E-state index contributed by atoms with van der Waals surface area (Å²) in [5, 5.41) is 3.86. The van der Waals surface area contributed by atoms with Crippen molar-refractivity contribution in [2.45, 2.75) is 13.5 Å². The standard InChI is InChI=1S/C14H17ClN4S/c1-11-17-12(10-20-11)9-18-4-6-19(7-5-18)13-2-3-16-14(15)8-13/h2-3,8,10H,4-7,9H2,1H3. The van der Waals surface area contributed by atoms with Crippen molar-refractivity contribution in [3.8, 4) is 0 Å². The highest BCUT2D eigenvalue weighted by molar-refractivity contribution is 7.09. The zero-order chi connectivity index (χ0) is 13.9. The molecule has 0 aliphatic carbocycles. The van der Waals surface area contributed by atoms with Gasteiger partial charge in [0.15, 0.2) is 0 Å². The number of hydrogen-bond donors (Lipinski definition) is 0. The van der Waals surface area contributed by atoms with Crippen molar-refractivity contribution < 1.29 is 0 Å². The monoisotopic (exact) mass is 308 g/mol. The molecule has 3 rings (SSSR count). The van der Waals surface area contributed by atoms with Gasteiger partial charge in [0.2, 0.25) is 0 Å². The SMILES string of the molecule is Cc1nc(CN2CCN(c3ccnc(Cl)c3)CC2)cs1. The van der Waals surface area contributed by atoms with E-state index in [4.69, 9.17) is 11.6 Å². The predicted octanol–water partition coefficient (Wildman–Crippen LogP) is 2.82. The molecule has 0 saturated carbocycles. The van der Waals surface area contributed by atoms with Crippen LogP contribution in [0.5, 0.6) is 0 Å². The van der Waals surface area contributed by atoms with Gasteiger partial charge in [0, 0.05) is 50.0 Å².